The molecule has 0 heterocycles. The standard InChI is InChI=1S/C15H24O2/c1-15(2,17)13-11-9-7-5-3-4-6-8-10-12-14-16/h16-17H,3-6,8,10,12,14H2,1-2H3. The smallest absolute Gasteiger partial charge is 0.120 e. The SMILES string of the molecule is CC(C)(O)C#CC#CCCCCCCCCO. The van der Waals surface area contributed by atoms with Crippen LogP contribution in [0.1, 0.15) is 58.8 Å². The monoisotopic (exact) mass is 236 g/mol. The molecule has 0 aliphatic carbocycles. The molecule has 96 valence electrons. The number of hydrogen-bond donors (Lipinski definition) is 2. The van der Waals surface area contributed by atoms with E-state index in [0.717, 1.165) is 25.7 Å². The van der Waals surface area contributed by atoms with Gasteiger partial charge in [-0.15, -0.1) is 0 Å². The highest BCUT2D eigenvalue weighted by Gasteiger charge is 2.04. The van der Waals surface area contributed by atoms with E-state index in [0.29, 0.717) is 6.61 Å². The van der Waals surface area contributed by atoms with Gasteiger partial charge >= 0.3 is 0 Å². The fourth-order valence-corrected chi connectivity index (χ4v) is 1.32. The maximum Gasteiger partial charge on any atom is 0.120 e. The topological polar surface area (TPSA) is 40.5 Å². The van der Waals surface area contributed by atoms with Crippen LogP contribution in [0.4, 0.5) is 0 Å². The molecule has 0 radical (unpaired) electrons. The molecule has 17 heavy (non-hydrogen) atoms. The van der Waals surface area contributed by atoms with Gasteiger partial charge in [0.1, 0.15) is 5.60 Å². The lowest BCUT2D eigenvalue weighted by molar-refractivity contribution is 0.143. The molecule has 0 unspecified atom stereocenters. The second-order valence-electron chi connectivity index (χ2n) is 4.71. The highest BCUT2D eigenvalue weighted by atomic mass is 16.3. The van der Waals surface area contributed by atoms with E-state index >= 15 is 0 Å². The molecule has 0 atom stereocenters. The summed E-state index contributed by atoms with van der Waals surface area (Å²) in [4.78, 5) is 0. The molecule has 0 rings (SSSR count). The van der Waals surface area contributed by atoms with Crippen LogP contribution < -0.4 is 0 Å². The molecular weight excluding hydrogens is 212 g/mol. The Balaban J connectivity index is 3.39. The van der Waals surface area contributed by atoms with Gasteiger partial charge in [0.25, 0.3) is 0 Å². The summed E-state index contributed by atoms with van der Waals surface area (Å²) in [5.41, 5.74) is -0.943. The zero-order chi connectivity index (χ0) is 13.0. The normalized spacial score (nSPS) is 10.1. The van der Waals surface area contributed by atoms with Crippen molar-refractivity contribution >= 4 is 0 Å². The summed E-state index contributed by atoms with van der Waals surface area (Å²) in [6, 6.07) is 0. The third-order valence-corrected chi connectivity index (χ3v) is 2.23. The van der Waals surface area contributed by atoms with Gasteiger partial charge in [-0.05, 0) is 38.5 Å². The highest BCUT2D eigenvalue weighted by Crippen LogP contribution is 2.06. The minimum absolute atomic E-state index is 0.311. The fourth-order valence-electron chi connectivity index (χ4n) is 1.32. The van der Waals surface area contributed by atoms with Crippen LogP contribution in [0.5, 0.6) is 0 Å². The van der Waals surface area contributed by atoms with Crippen molar-refractivity contribution in [1.29, 1.82) is 0 Å². The molecule has 0 aromatic carbocycles. The van der Waals surface area contributed by atoms with Gasteiger partial charge in [-0.3, -0.25) is 0 Å². The first kappa shape index (κ1) is 16.0. The lowest BCUT2D eigenvalue weighted by atomic mass is 10.1. The Kier molecular flexibility index (Phi) is 9.63. The predicted octanol–water partition coefficient (Wildman–Crippen LogP) is 2.49. The summed E-state index contributed by atoms with van der Waals surface area (Å²) in [7, 11) is 0. The molecule has 2 N–H and O–H groups in total. The van der Waals surface area contributed by atoms with Crippen LogP contribution in [-0.4, -0.2) is 22.4 Å². The van der Waals surface area contributed by atoms with E-state index in [4.69, 9.17) is 5.11 Å². The number of aliphatic hydroxyl groups is 2. The van der Waals surface area contributed by atoms with E-state index in [9.17, 15) is 5.11 Å². The summed E-state index contributed by atoms with van der Waals surface area (Å²) in [5.74, 6) is 11.0. The molecule has 0 amide bonds. The van der Waals surface area contributed by atoms with Crippen LogP contribution in [-0.2, 0) is 0 Å². The summed E-state index contributed by atoms with van der Waals surface area (Å²) in [6.07, 6.45) is 7.64. The quantitative estimate of drug-likeness (QED) is 0.526. The van der Waals surface area contributed by atoms with Crippen LogP contribution in [0.3, 0.4) is 0 Å². The molecule has 0 aromatic rings. The second kappa shape index (κ2) is 10.2. The Labute approximate surface area is 105 Å². The lowest BCUT2D eigenvalue weighted by Gasteiger charge is -2.04. The zero-order valence-electron chi connectivity index (χ0n) is 11.1. The molecule has 0 fully saturated rings. The third-order valence-electron chi connectivity index (χ3n) is 2.23. The molecule has 0 spiro atoms. The van der Waals surface area contributed by atoms with Crippen LogP contribution in [0.15, 0.2) is 0 Å². The first-order chi connectivity index (χ1) is 8.06. The van der Waals surface area contributed by atoms with E-state index in [1.54, 1.807) is 13.8 Å². The van der Waals surface area contributed by atoms with Crippen molar-refractivity contribution in [2.75, 3.05) is 6.61 Å². The average Bonchev–Trinajstić information content (AvgIpc) is 2.24. The fraction of sp³-hybridized carbons (Fsp3) is 0.733. The van der Waals surface area contributed by atoms with Crippen molar-refractivity contribution in [3.05, 3.63) is 0 Å². The minimum atomic E-state index is -0.943. The Hall–Kier alpha value is -0.960. The van der Waals surface area contributed by atoms with Gasteiger partial charge < -0.3 is 10.2 Å². The van der Waals surface area contributed by atoms with Crippen molar-refractivity contribution in [2.24, 2.45) is 0 Å². The van der Waals surface area contributed by atoms with E-state index in [2.05, 4.69) is 23.7 Å². The maximum atomic E-state index is 9.30. The van der Waals surface area contributed by atoms with E-state index in [-0.39, 0.29) is 0 Å². The van der Waals surface area contributed by atoms with Crippen LogP contribution >= 0.6 is 0 Å². The number of aliphatic hydroxyl groups excluding tert-OH is 1. The molecule has 0 aliphatic rings. The van der Waals surface area contributed by atoms with Gasteiger partial charge in [-0.2, -0.15) is 0 Å². The first-order valence-electron chi connectivity index (χ1n) is 6.39. The molecule has 0 saturated heterocycles. The number of rotatable bonds is 7. The van der Waals surface area contributed by atoms with Gasteiger partial charge in [0, 0.05) is 13.0 Å². The van der Waals surface area contributed by atoms with Crippen molar-refractivity contribution < 1.29 is 10.2 Å². The Morgan fingerprint density at radius 3 is 2.06 bits per heavy atom. The molecule has 2 nitrogen and oxygen atoms in total. The number of hydrogen-bond acceptors (Lipinski definition) is 2. The molecular formula is C15H24O2. The largest absolute Gasteiger partial charge is 0.396 e. The summed E-state index contributed by atoms with van der Waals surface area (Å²) >= 11 is 0. The Bertz CT molecular complexity index is 291. The summed E-state index contributed by atoms with van der Waals surface area (Å²) in [5, 5.41) is 17.9. The number of unbranched alkanes of at least 4 members (excludes halogenated alkanes) is 6. The summed E-state index contributed by atoms with van der Waals surface area (Å²) in [6.45, 7) is 3.60. The third kappa shape index (κ3) is 15.0. The molecule has 2 heteroatoms. The van der Waals surface area contributed by atoms with Crippen LogP contribution in [0.2, 0.25) is 0 Å². The van der Waals surface area contributed by atoms with Crippen LogP contribution in [0.25, 0.3) is 0 Å². The van der Waals surface area contributed by atoms with Crippen molar-refractivity contribution in [3.63, 3.8) is 0 Å². The van der Waals surface area contributed by atoms with E-state index in [1.165, 1.54) is 19.3 Å². The molecule has 0 aliphatic heterocycles. The lowest BCUT2D eigenvalue weighted by Crippen LogP contribution is -2.14. The predicted molar refractivity (Wildman–Crippen MR) is 71.3 cm³/mol. The van der Waals surface area contributed by atoms with Gasteiger partial charge in [0.05, 0.1) is 0 Å². The van der Waals surface area contributed by atoms with E-state index in [1.807, 2.05) is 0 Å². The van der Waals surface area contributed by atoms with Gasteiger partial charge in [0.2, 0.25) is 0 Å². The molecule has 0 bridgehead atoms. The zero-order valence-corrected chi connectivity index (χ0v) is 11.1. The minimum Gasteiger partial charge on any atom is -0.396 e. The summed E-state index contributed by atoms with van der Waals surface area (Å²) < 4.78 is 0. The second-order valence-corrected chi connectivity index (χ2v) is 4.71. The van der Waals surface area contributed by atoms with Crippen molar-refractivity contribution in [3.8, 4) is 23.7 Å². The van der Waals surface area contributed by atoms with Crippen molar-refractivity contribution in [2.45, 2.75) is 64.4 Å². The first-order valence-corrected chi connectivity index (χ1v) is 6.39. The molecule has 0 saturated carbocycles. The van der Waals surface area contributed by atoms with Gasteiger partial charge in [0.15, 0.2) is 0 Å². The Morgan fingerprint density at radius 1 is 0.882 bits per heavy atom. The average molecular weight is 236 g/mol. The van der Waals surface area contributed by atoms with E-state index < -0.39 is 5.60 Å². The van der Waals surface area contributed by atoms with Crippen molar-refractivity contribution in [1.82, 2.24) is 0 Å². The highest BCUT2D eigenvalue weighted by molar-refractivity contribution is 5.28. The van der Waals surface area contributed by atoms with Gasteiger partial charge in [-0.1, -0.05) is 37.5 Å². The van der Waals surface area contributed by atoms with Gasteiger partial charge in [-0.25, -0.2) is 0 Å². The van der Waals surface area contributed by atoms with Crippen LogP contribution in [0, 0.1) is 23.7 Å². The Morgan fingerprint density at radius 2 is 1.47 bits per heavy atom. The molecule has 0 aromatic heterocycles. The maximum absolute atomic E-state index is 9.30.